The molecule has 0 atom stereocenters. The normalized spacial score (nSPS) is 15.0. The number of halogens is 6. The van der Waals surface area contributed by atoms with Crippen LogP contribution in [0.5, 0.6) is 0 Å². The van der Waals surface area contributed by atoms with Crippen LogP contribution in [-0.4, -0.2) is 24.3 Å². The number of fused-ring (bicyclic) bond motifs is 1. The van der Waals surface area contributed by atoms with E-state index in [0.717, 1.165) is 0 Å². The molecule has 1 aliphatic carbocycles. The van der Waals surface area contributed by atoms with Crippen molar-refractivity contribution < 1.29 is 44.1 Å². The van der Waals surface area contributed by atoms with Crippen molar-refractivity contribution >= 4 is 15.9 Å². The summed E-state index contributed by atoms with van der Waals surface area (Å²) in [4.78, 5) is 11.3. The zero-order valence-corrected chi connectivity index (χ0v) is 12.2. The lowest BCUT2D eigenvalue weighted by Crippen LogP contribution is -2.21. The van der Waals surface area contributed by atoms with E-state index in [1.54, 1.807) is 0 Å². The van der Waals surface area contributed by atoms with Crippen LogP contribution in [0.25, 0.3) is 0 Å². The number of carbonyl (C=O) groups excluding carboxylic acids is 1. The van der Waals surface area contributed by atoms with Crippen molar-refractivity contribution in [2.75, 3.05) is 0 Å². The molecule has 1 N–H and O–H groups in total. The largest absolute Gasteiger partial charge is 0.522 e. The van der Waals surface area contributed by atoms with Gasteiger partial charge in [0.2, 0.25) is 0 Å². The van der Waals surface area contributed by atoms with Crippen LogP contribution in [0.1, 0.15) is 33.5 Å². The molecule has 1 aliphatic rings. The minimum Gasteiger partial charge on any atom is -0.294 e. The predicted molar refractivity (Wildman–Crippen MR) is 66.4 cm³/mol. The molecule has 0 aliphatic heterocycles. The number of carbonyl (C=O) groups is 1. The smallest absolute Gasteiger partial charge is 0.294 e. The molecular weight excluding hydrogens is 354 g/mol. The number of rotatable bonds is 0. The van der Waals surface area contributed by atoms with Crippen molar-refractivity contribution in [2.24, 2.45) is 0 Å². The van der Waals surface area contributed by atoms with Crippen molar-refractivity contribution in [3.8, 4) is 0 Å². The highest BCUT2D eigenvalue weighted by Crippen LogP contribution is 2.38. The van der Waals surface area contributed by atoms with Crippen molar-refractivity contribution in [1.82, 2.24) is 0 Å². The first-order valence-electron chi connectivity index (χ1n) is 5.93. The van der Waals surface area contributed by atoms with Crippen LogP contribution in [0.3, 0.4) is 0 Å². The Morgan fingerprint density at radius 1 is 1.04 bits per heavy atom. The fraction of sp³-hybridized carbons (Fsp3) is 0.417. The van der Waals surface area contributed by atoms with E-state index in [-0.39, 0.29) is 35.3 Å². The molecule has 0 saturated carbocycles. The Kier molecular flexibility index (Phi) is 5.16. The number of hydrogen-bond donors (Lipinski definition) is 1. The summed E-state index contributed by atoms with van der Waals surface area (Å²) in [7, 11) is -5.84. The lowest BCUT2D eigenvalue weighted by molar-refractivity contribution is -0.138. The van der Waals surface area contributed by atoms with Gasteiger partial charge in [0.15, 0.2) is 5.78 Å². The Labute approximate surface area is 126 Å². The fourth-order valence-corrected chi connectivity index (χ4v) is 2.05. The first kappa shape index (κ1) is 19.4. The zero-order chi connectivity index (χ0) is 18.2. The number of benzene rings is 1. The maximum Gasteiger partial charge on any atom is 0.522 e. The molecule has 4 nitrogen and oxygen atoms in total. The number of aryl methyl sites for hydroxylation is 1. The second kappa shape index (κ2) is 6.11. The molecule has 1 aromatic rings. The highest BCUT2D eigenvalue weighted by atomic mass is 32.2. The average Bonchev–Trinajstić information content (AvgIpc) is 2.67. The molecule has 0 saturated heterocycles. The van der Waals surface area contributed by atoms with E-state index in [1.165, 1.54) is 19.1 Å². The minimum atomic E-state index is -5.84. The van der Waals surface area contributed by atoms with Crippen LogP contribution in [-0.2, 0) is 22.7 Å². The number of hydrogen-bond acceptors (Lipinski definition) is 3. The second-order valence-electron chi connectivity index (χ2n) is 4.63. The zero-order valence-electron chi connectivity index (χ0n) is 11.4. The van der Waals surface area contributed by atoms with E-state index in [1.807, 2.05) is 0 Å². The molecule has 0 heterocycles. The van der Waals surface area contributed by atoms with Crippen LogP contribution in [0.2, 0.25) is 0 Å². The molecule has 0 bridgehead atoms. The van der Waals surface area contributed by atoms with Gasteiger partial charge in [0.1, 0.15) is 0 Å². The molecule has 0 radical (unpaired) electrons. The van der Waals surface area contributed by atoms with Gasteiger partial charge < -0.3 is 0 Å². The van der Waals surface area contributed by atoms with E-state index in [2.05, 4.69) is 0 Å². The molecular formula is C12H10F6O4S. The summed E-state index contributed by atoms with van der Waals surface area (Å²) < 4.78 is 95.7. The van der Waals surface area contributed by atoms with Gasteiger partial charge in [-0.2, -0.15) is 34.8 Å². The van der Waals surface area contributed by atoms with Crippen LogP contribution in [0, 0.1) is 6.92 Å². The van der Waals surface area contributed by atoms with E-state index < -0.39 is 27.4 Å². The SMILES string of the molecule is Cc1ccc2c(c1C(F)(F)F)CCC2=O.O=S(=O)(O)C(F)(F)F. The third kappa shape index (κ3) is 4.44. The highest BCUT2D eigenvalue weighted by Gasteiger charge is 2.44. The molecule has 1 aromatic carbocycles. The molecule has 0 aromatic heterocycles. The Morgan fingerprint density at radius 3 is 1.91 bits per heavy atom. The fourth-order valence-electron chi connectivity index (χ4n) is 2.05. The standard InChI is InChI=1S/C11H9F3O.CHF3O3S/c1-6-2-3-7-8(4-5-9(7)15)10(6)11(12,13)14;2-1(3,4)8(5,6)7/h2-3H,4-5H2,1H3;(H,5,6,7). The molecule has 0 spiro atoms. The lowest BCUT2D eigenvalue weighted by Gasteiger charge is -2.14. The van der Waals surface area contributed by atoms with Crippen LogP contribution < -0.4 is 0 Å². The van der Waals surface area contributed by atoms with Crippen LogP contribution >= 0.6 is 0 Å². The van der Waals surface area contributed by atoms with E-state index in [9.17, 15) is 31.1 Å². The van der Waals surface area contributed by atoms with Gasteiger partial charge in [0.25, 0.3) is 0 Å². The Balaban J connectivity index is 0.000000284. The third-order valence-electron chi connectivity index (χ3n) is 3.00. The summed E-state index contributed by atoms with van der Waals surface area (Å²) in [5, 5.41) is 0. The summed E-state index contributed by atoms with van der Waals surface area (Å²) in [6, 6.07) is 2.86. The number of Topliss-reactive ketones (excluding diaryl/α,β-unsaturated/α-hetero) is 1. The Hall–Kier alpha value is -1.62. The third-order valence-corrected chi connectivity index (χ3v) is 3.58. The maximum absolute atomic E-state index is 12.7. The monoisotopic (exact) mass is 364 g/mol. The highest BCUT2D eigenvalue weighted by molar-refractivity contribution is 7.86. The number of alkyl halides is 6. The van der Waals surface area contributed by atoms with Crippen molar-refractivity contribution in [3.05, 3.63) is 34.4 Å². The van der Waals surface area contributed by atoms with Gasteiger partial charge in [0, 0.05) is 12.0 Å². The van der Waals surface area contributed by atoms with Crippen molar-refractivity contribution in [1.29, 1.82) is 0 Å². The van der Waals surface area contributed by atoms with Gasteiger partial charge in [-0.15, -0.1) is 0 Å². The molecule has 0 fully saturated rings. The van der Waals surface area contributed by atoms with Crippen LogP contribution in [0.15, 0.2) is 12.1 Å². The maximum atomic E-state index is 12.7. The first-order valence-corrected chi connectivity index (χ1v) is 7.37. The number of ketones is 1. The molecule has 0 amide bonds. The quantitative estimate of drug-likeness (QED) is 0.434. The molecule has 11 heteroatoms. The Morgan fingerprint density at radius 2 is 1.52 bits per heavy atom. The topological polar surface area (TPSA) is 71.4 Å². The summed E-state index contributed by atoms with van der Waals surface area (Å²) >= 11 is 0. The summed E-state index contributed by atoms with van der Waals surface area (Å²) in [6.45, 7) is 1.42. The molecule has 0 unspecified atom stereocenters. The lowest BCUT2D eigenvalue weighted by atomic mass is 9.98. The van der Waals surface area contributed by atoms with E-state index in [0.29, 0.717) is 0 Å². The minimum absolute atomic E-state index is 0.174. The first-order chi connectivity index (χ1) is 10.2. The van der Waals surface area contributed by atoms with Gasteiger partial charge in [-0.05, 0) is 24.5 Å². The summed E-state index contributed by atoms with van der Waals surface area (Å²) in [5.74, 6) is -0.185. The average molecular weight is 364 g/mol. The van der Waals surface area contributed by atoms with Crippen molar-refractivity contribution in [2.45, 2.75) is 31.5 Å². The van der Waals surface area contributed by atoms with Crippen LogP contribution in [0.4, 0.5) is 26.3 Å². The second-order valence-corrected chi connectivity index (χ2v) is 6.04. The van der Waals surface area contributed by atoms with Crippen molar-refractivity contribution in [3.63, 3.8) is 0 Å². The van der Waals surface area contributed by atoms with Gasteiger partial charge >= 0.3 is 21.8 Å². The molecule has 23 heavy (non-hydrogen) atoms. The van der Waals surface area contributed by atoms with Gasteiger partial charge in [-0.25, -0.2) is 0 Å². The molecule has 2 rings (SSSR count). The summed E-state index contributed by atoms with van der Waals surface area (Å²) in [6.07, 6.45) is -3.95. The van der Waals surface area contributed by atoms with Gasteiger partial charge in [-0.1, -0.05) is 12.1 Å². The molecule has 130 valence electrons. The van der Waals surface area contributed by atoms with Gasteiger partial charge in [0.05, 0.1) is 5.56 Å². The van der Waals surface area contributed by atoms with E-state index >= 15 is 0 Å². The Bertz CT molecular complexity index is 718. The van der Waals surface area contributed by atoms with Gasteiger partial charge in [-0.3, -0.25) is 9.35 Å². The summed E-state index contributed by atoms with van der Waals surface area (Å²) in [5.41, 5.74) is -5.55. The van der Waals surface area contributed by atoms with E-state index in [4.69, 9.17) is 13.0 Å². The predicted octanol–water partition coefficient (Wildman–Crippen LogP) is 3.54.